The lowest BCUT2D eigenvalue weighted by Gasteiger charge is -2.18. The zero-order chi connectivity index (χ0) is 27.3. The van der Waals surface area contributed by atoms with E-state index in [2.05, 4.69) is 31.5 Å². The Kier molecular flexibility index (Phi) is 8.32. The minimum absolute atomic E-state index is 0.108. The molecule has 0 unspecified atom stereocenters. The standard InChI is InChI=1S/C27H34N8O3/c1-4-17-10-18(24(34-28)35-29)6-7-19(17)14-31-26(37)22-11-21(32-15-33-22)25(36)30-13-16-5-8-23-20(9-16)12-27(2,3)38-23/h5-11,15,24,34-35H,4,12-14,28-29H2,1-3H3,(H,30,36)(H,31,37). The molecule has 0 aliphatic carbocycles. The zero-order valence-electron chi connectivity index (χ0n) is 21.8. The van der Waals surface area contributed by atoms with E-state index in [1.54, 1.807) is 0 Å². The molecule has 0 atom stereocenters. The summed E-state index contributed by atoms with van der Waals surface area (Å²) in [6.07, 6.45) is 2.39. The van der Waals surface area contributed by atoms with E-state index < -0.39 is 12.1 Å². The Labute approximate surface area is 221 Å². The molecule has 0 radical (unpaired) electrons. The van der Waals surface area contributed by atoms with Gasteiger partial charge in [0, 0.05) is 25.6 Å². The van der Waals surface area contributed by atoms with Crippen molar-refractivity contribution in [2.45, 2.75) is 58.5 Å². The molecule has 2 heterocycles. The van der Waals surface area contributed by atoms with Crippen LogP contribution < -0.4 is 37.9 Å². The van der Waals surface area contributed by atoms with Gasteiger partial charge in [-0.2, -0.15) is 0 Å². The fourth-order valence-electron chi connectivity index (χ4n) is 4.49. The molecule has 0 saturated carbocycles. The molecule has 1 aliphatic rings. The van der Waals surface area contributed by atoms with Crippen LogP contribution in [0.2, 0.25) is 0 Å². The second-order valence-corrected chi connectivity index (χ2v) is 9.78. The molecule has 3 aromatic rings. The topological polar surface area (TPSA) is 169 Å². The smallest absolute Gasteiger partial charge is 0.270 e. The van der Waals surface area contributed by atoms with Gasteiger partial charge in [-0.25, -0.2) is 20.8 Å². The lowest BCUT2D eigenvalue weighted by atomic mass is 10.0. The van der Waals surface area contributed by atoms with Crippen LogP contribution in [-0.2, 0) is 25.9 Å². The van der Waals surface area contributed by atoms with E-state index in [4.69, 9.17) is 16.4 Å². The number of ether oxygens (including phenoxy) is 1. The summed E-state index contributed by atoms with van der Waals surface area (Å²) in [7, 11) is 0. The first-order valence-corrected chi connectivity index (χ1v) is 12.5. The lowest BCUT2D eigenvalue weighted by Crippen LogP contribution is -2.42. The highest BCUT2D eigenvalue weighted by Gasteiger charge is 2.29. The van der Waals surface area contributed by atoms with Crippen LogP contribution in [0.4, 0.5) is 0 Å². The Hall–Kier alpha value is -3.90. The van der Waals surface area contributed by atoms with Gasteiger partial charge in [0.25, 0.3) is 11.8 Å². The van der Waals surface area contributed by atoms with E-state index in [1.165, 1.54) is 12.4 Å². The Morgan fingerprint density at radius 1 is 0.947 bits per heavy atom. The first-order chi connectivity index (χ1) is 18.2. The van der Waals surface area contributed by atoms with E-state index in [0.29, 0.717) is 13.1 Å². The number of hydrazine groups is 2. The molecule has 2 amide bonds. The quantitative estimate of drug-likeness (QED) is 0.132. The minimum Gasteiger partial charge on any atom is -0.487 e. The number of rotatable bonds is 10. The molecule has 0 spiro atoms. The highest BCUT2D eigenvalue weighted by atomic mass is 16.5. The summed E-state index contributed by atoms with van der Waals surface area (Å²) in [6.45, 7) is 6.74. The van der Waals surface area contributed by atoms with Crippen LogP contribution in [-0.4, -0.2) is 27.4 Å². The van der Waals surface area contributed by atoms with Crippen molar-refractivity contribution in [3.8, 4) is 5.75 Å². The van der Waals surface area contributed by atoms with Gasteiger partial charge in [0.15, 0.2) is 0 Å². The maximum atomic E-state index is 12.8. The summed E-state index contributed by atoms with van der Waals surface area (Å²) in [4.78, 5) is 33.6. The van der Waals surface area contributed by atoms with Gasteiger partial charge in [0.2, 0.25) is 0 Å². The number of carbonyl (C=O) groups is 2. The maximum Gasteiger partial charge on any atom is 0.270 e. The number of carbonyl (C=O) groups excluding carboxylic acids is 2. The van der Waals surface area contributed by atoms with E-state index in [-0.39, 0.29) is 22.9 Å². The summed E-state index contributed by atoms with van der Waals surface area (Å²) in [5.74, 6) is 11.1. The van der Waals surface area contributed by atoms with Gasteiger partial charge in [-0.05, 0) is 54.2 Å². The number of aromatic nitrogens is 2. The fourth-order valence-corrected chi connectivity index (χ4v) is 4.49. The lowest BCUT2D eigenvalue weighted by molar-refractivity contribution is 0.0944. The average molecular weight is 519 g/mol. The fraction of sp³-hybridized carbons (Fsp3) is 0.333. The summed E-state index contributed by atoms with van der Waals surface area (Å²) in [5.41, 5.74) is 10.1. The maximum absolute atomic E-state index is 12.8. The van der Waals surface area contributed by atoms with Gasteiger partial charge in [0.1, 0.15) is 35.2 Å². The number of aryl methyl sites for hydroxylation is 1. The molecular weight excluding hydrogens is 484 g/mol. The van der Waals surface area contributed by atoms with Gasteiger partial charge in [0.05, 0.1) is 0 Å². The number of hydrogen-bond acceptors (Lipinski definition) is 9. The van der Waals surface area contributed by atoms with Gasteiger partial charge >= 0.3 is 0 Å². The van der Waals surface area contributed by atoms with Crippen molar-refractivity contribution in [1.82, 2.24) is 31.5 Å². The Morgan fingerprint density at radius 2 is 1.63 bits per heavy atom. The minimum atomic E-state index is -0.404. The highest BCUT2D eigenvalue weighted by Crippen LogP contribution is 2.35. The Morgan fingerprint density at radius 3 is 2.29 bits per heavy atom. The molecule has 8 N–H and O–H groups in total. The summed E-state index contributed by atoms with van der Waals surface area (Å²) in [5, 5.41) is 5.73. The summed E-state index contributed by atoms with van der Waals surface area (Å²) >= 11 is 0. The molecule has 38 heavy (non-hydrogen) atoms. The molecule has 200 valence electrons. The third kappa shape index (κ3) is 6.32. The molecule has 0 fully saturated rings. The van der Waals surface area contributed by atoms with E-state index in [9.17, 15) is 9.59 Å². The molecule has 1 aliphatic heterocycles. The Balaban J connectivity index is 1.36. The normalized spacial score (nSPS) is 13.6. The molecule has 11 heteroatoms. The summed E-state index contributed by atoms with van der Waals surface area (Å²) < 4.78 is 5.91. The van der Waals surface area contributed by atoms with Crippen LogP contribution in [0.1, 0.15) is 75.7 Å². The van der Waals surface area contributed by atoms with Crippen LogP contribution in [0.3, 0.4) is 0 Å². The molecule has 11 nitrogen and oxygen atoms in total. The molecule has 0 bridgehead atoms. The number of hydrogen-bond donors (Lipinski definition) is 6. The van der Waals surface area contributed by atoms with Crippen molar-refractivity contribution in [2.75, 3.05) is 0 Å². The highest BCUT2D eigenvalue weighted by molar-refractivity contribution is 5.97. The first-order valence-electron chi connectivity index (χ1n) is 12.5. The molecule has 4 rings (SSSR count). The predicted octanol–water partition coefficient (Wildman–Crippen LogP) is 1.54. The number of nitrogens with zero attached hydrogens (tertiary/aromatic N) is 2. The van der Waals surface area contributed by atoms with Crippen LogP contribution in [0.15, 0.2) is 48.8 Å². The van der Waals surface area contributed by atoms with E-state index in [1.807, 2.05) is 57.2 Å². The van der Waals surface area contributed by atoms with Gasteiger partial charge in [-0.15, -0.1) is 0 Å². The predicted molar refractivity (Wildman–Crippen MR) is 142 cm³/mol. The Bertz CT molecular complexity index is 1320. The third-order valence-corrected chi connectivity index (χ3v) is 6.43. The van der Waals surface area contributed by atoms with Crippen molar-refractivity contribution in [2.24, 2.45) is 11.7 Å². The molecule has 2 aromatic carbocycles. The number of nitrogens with two attached hydrogens (primary N) is 2. The summed E-state index contributed by atoms with van der Waals surface area (Å²) in [6, 6.07) is 13.1. The number of amides is 2. The molecule has 0 saturated heterocycles. The van der Waals surface area contributed by atoms with Crippen LogP contribution in [0.5, 0.6) is 5.75 Å². The zero-order valence-corrected chi connectivity index (χ0v) is 21.8. The second-order valence-electron chi connectivity index (χ2n) is 9.78. The number of benzene rings is 2. The number of nitrogens with one attached hydrogen (secondary N) is 4. The largest absolute Gasteiger partial charge is 0.487 e. The first kappa shape index (κ1) is 27.1. The van der Waals surface area contributed by atoms with Gasteiger partial charge in [-0.3, -0.25) is 21.3 Å². The van der Waals surface area contributed by atoms with Crippen molar-refractivity contribution in [3.63, 3.8) is 0 Å². The monoisotopic (exact) mass is 518 g/mol. The second kappa shape index (κ2) is 11.7. The third-order valence-electron chi connectivity index (χ3n) is 6.43. The van der Waals surface area contributed by atoms with Crippen molar-refractivity contribution >= 4 is 11.8 Å². The SMILES string of the molecule is CCc1cc(C(NN)NN)ccc1CNC(=O)c1cc(C(=O)NCc2ccc3c(c2)CC(C)(C)O3)ncn1. The van der Waals surface area contributed by atoms with Gasteiger partial charge < -0.3 is 15.4 Å². The molecule has 1 aromatic heterocycles. The molecular formula is C27H34N8O3. The van der Waals surface area contributed by atoms with E-state index in [0.717, 1.165) is 46.4 Å². The van der Waals surface area contributed by atoms with Gasteiger partial charge in [-0.1, -0.05) is 37.3 Å². The van der Waals surface area contributed by atoms with Crippen LogP contribution >= 0.6 is 0 Å². The van der Waals surface area contributed by atoms with Crippen LogP contribution in [0, 0.1) is 0 Å². The van der Waals surface area contributed by atoms with Crippen molar-refractivity contribution < 1.29 is 14.3 Å². The average Bonchev–Trinajstić information content (AvgIpc) is 3.24. The van der Waals surface area contributed by atoms with Crippen LogP contribution in [0.25, 0.3) is 0 Å². The van der Waals surface area contributed by atoms with Crippen molar-refractivity contribution in [3.05, 3.63) is 88.0 Å². The van der Waals surface area contributed by atoms with E-state index >= 15 is 0 Å². The van der Waals surface area contributed by atoms with Crippen molar-refractivity contribution in [1.29, 1.82) is 0 Å². The number of fused-ring (bicyclic) bond motifs is 1.